The fraction of sp³-hybridized carbons (Fsp3) is 0.500. The van der Waals surface area contributed by atoms with Crippen LogP contribution in [0.3, 0.4) is 0 Å². The second-order valence-electron chi connectivity index (χ2n) is 6.57. The van der Waals surface area contributed by atoms with E-state index in [-0.39, 0.29) is 0 Å². The Morgan fingerprint density at radius 2 is 2.00 bits per heavy atom. The summed E-state index contributed by atoms with van der Waals surface area (Å²) in [4.78, 5) is 20.1. The first-order valence-corrected chi connectivity index (χ1v) is 8.49. The zero-order chi connectivity index (χ0) is 16.9. The SMILES string of the molecule is CN(C)c1nccc(N(C)C2CCCN(Cc3ccccn3)C2)n1. The van der Waals surface area contributed by atoms with E-state index in [0.29, 0.717) is 6.04 Å². The summed E-state index contributed by atoms with van der Waals surface area (Å²) in [5.41, 5.74) is 1.14. The smallest absolute Gasteiger partial charge is 0.226 e. The minimum Gasteiger partial charge on any atom is -0.355 e. The molecule has 0 spiro atoms. The van der Waals surface area contributed by atoms with Crippen molar-refractivity contribution in [3.63, 3.8) is 0 Å². The summed E-state index contributed by atoms with van der Waals surface area (Å²) in [6.45, 7) is 3.08. The first-order chi connectivity index (χ1) is 11.6. The number of likely N-dealkylation sites (tertiary alicyclic amines) is 1. The molecule has 1 fully saturated rings. The van der Waals surface area contributed by atoms with Crippen molar-refractivity contribution in [2.24, 2.45) is 0 Å². The third-order valence-electron chi connectivity index (χ3n) is 4.53. The highest BCUT2D eigenvalue weighted by molar-refractivity contribution is 5.43. The van der Waals surface area contributed by atoms with E-state index < -0.39 is 0 Å². The average Bonchev–Trinajstić information content (AvgIpc) is 2.62. The van der Waals surface area contributed by atoms with Gasteiger partial charge in [-0.05, 0) is 37.6 Å². The molecule has 0 aliphatic carbocycles. The van der Waals surface area contributed by atoms with Gasteiger partial charge in [0.2, 0.25) is 5.95 Å². The number of aromatic nitrogens is 3. The van der Waals surface area contributed by atoms with Gasteiger partial charge < -0.3 is 9.80 Å². The van der Waals surface area contributed by atoms with Gasteiger partial charge in [0.05, 0.1) is 5.69 Å². The van der Waals surface area contributed by atoms with Crippen LogP contribution in [-0.4, -0.2) is 60.1 Å². The molecule has 0 N–H and O–H groups in total. The maximum absolute atomic E-state index is 4.67. The Balaban J connectivity index is 1.66. The van der Waals surface area contributed by atoms with Crippen molar-refractivity contribution in [1.82, 2.24) is 19.9 Å². The molecule has 6 heteroatoms. The summed E-state index contributed by atoms with van der Waals surface area (Å²) in [6.07, 6.45) is 6.10. The van der Waals surface area contributed by atoms with E-state index in [1.165, 1.54) is 12.8 Å². The van der Waals surface area contributed by atoms with Gasteiger partial charge in [-0.15, -0.1) is 0 Å². The predicted octanol–water partition coefficient (Wildman–Crippen LogP) is 2.04. The lowest BCUT2D eigenvalue weighted by Crippen LogP contribution is -2.46. The van der Waals surface area contributed by atoms with Crippen LogP contribution in [0.4, 0.5) is 11.8 Å². The van der Waals surface area contributed by atoms with E-state index in [4.69, 9.17) is 0 Å². The van der Waals surface area contributed by atoms with Gasteiger partial charge in [-0.1, -0.05) is 6.07 Å². The molecule has 128 valence electrons. The maximum Gasteiger partial charge on any atom is 0.226 e. The Hall–Kier alpha value is -2.21. The molecule has 0 bridgehead atoms. The molecule has 24 heavy (non-hydrogen) atoms. The standard InChI is InChI=1S/C18H26N6/c1-22(2)18-20-11-9-17(21-18)23(3)16-8-6-12-24(14-16)13-15-7-4-5-10-19-15/h4-5,7,9-11,16H,6,8,12-14H2,1-3H3. The third-order valence-corrected chi connectivity index (χ3v) is 4.53. The summed E-state index contributed by atoms with van der Waals surface area (Å²) >= 11 is 0. The second kappa shape index (κ2) is 7.57. The highest BCUT2D eigenvalue weighted by atomic mass is 15.3. The van der Waals surface area contributed by atoms with E-state index >= 15 is 0 Å². The average molecular weight is 326 g/mol. The second-order valence-corrected chi connectivity index (χ2v) is 6.57. The first kappa shape index (κ1) is 16.6. The lowest BCUT2D eigenvalue weighted by atomic mass is 10.0. The van der Waals surface area contributed by atoms with Crippen LogP contribution in [0, 0.1) is 0 Å². The van der Waals surface area contributed by atoms with E-state index in [0.717, 1.165) is 37.1 Å². The third kappa shape index (κ3) is 4.00. The number of likely N-dealkylation sites (N-methyl/N-ethyl adjacent to an activating group) is 1. The fourth-order valence-corrected chi connectivity index (χ4v) is 3.15. The number of nitrogens with zero attached hydrogens (tertiary/aromatic N) is 6. The number of anilines is 2. The molecule has 0 radical (unpaired) electrons. The van der Waals surface area contributed by atoms with Crippen molar-refractivity contribution in [1.29, 1.82) is 0 Å². The Bertz CT molecular complexity index is 645. The quantitative estimate of drug-likeness (QED) is 0.838. The van der Waals surface area contributed by atoms with Crippen LogP contribution in [0.1, 0.15) is 18.5 Å². The number of piperidine rings is 1. The number of rotatable bonds is 5. The first-order valence-electron chi connectivity index (χ1n) is 8.49. The summed E-state index contributed by atoms with van der Waals surface area (Å²) in [5.74, 6) is 1.74. The Labute approximate surface area is 144 Å². The minimum absolute atomic E-state index is 0.465. The Morgan fingerprint density at radius 3 is 2.75 bits per heavy atom. The number of hydrogen-bond acceptors (Lipinski definition) is 6. The lowest BCUT2D eigenvalue weighted by Gasteiger charge is -2.38. The van der Waals surface area contributed by atoms with Crippen molar-refractivity contribution in [2.75, 3.05) is 44.0 Å². The van der Waals surface area contributed by atoms with E-state index in [2.05, 4.69) is 43.9 Å². The Kier molecular flexibility index (Phi) is 5.25. The predicted molar refractivity (Wildman–Crippen MR) is 97.3 cm³/mol. The van der Waals surface area contributed by atoms with Gasteiger partial charge in [0.1, 0.15) is 5.82 Å². The molecule has 1 atom stereocenters. The highest BCUT2D eigenvalue weighted by Gasteiger charge is 2.24. The summed E-state index contributed by atoms with van der Waals surface area (Å²) in [7, 11) is 6.07. The maximum atomic E-state index is 4.67. The van der Waals surface area contributed by atoms with Crippen LogP contribution < -0.4 is 9.80 Å². The molecule has 1 aliphatic rings. The van der Waals surface area contributed by atoms with E-state index in [9.17, 15) is 0 Å². The molecule has 0 amide bonds. The molecular weight excluding hydrogens is 300 g/mol. The van der Waals surface area contributed by atoms with Gasteiger partial charge in [0, 0.05) is 52.7 Å². The van der Waals surface area contributed by atoms with Crippen LogP contribution in [0.15, 0.2) is 36.7 Å². The molecule has 3 heterocycles. The van der Waals surface area contributed by atoms with Crippen molar-refractivity contribution in [3.05, 3.63) is 42.4 Å². The van der Waals surface area contributed by atoms with Gasteiger partial charge in [-0.3, -0.25) is 9.88 Å². The van der Waals surface area contributed by atoms with E-state index in [1.807, 2.05) is 43.5 Å². The van der Waals surface area contributed by atoms with Gasteiger partial charge in [-0.2, -0.15) is 4.98 Å². The summed E-state index contributed by atoms with van der Waals surface area (Å²) < 4.78 is 0. The Morgan fingerprint density at radius 1 is 1.12 bits per heavy atom. The molecule has 2 aromatic rings. The van der Waals surface area contributed by atoms with Crippen molar-refractivity contribution < 1.29 is 0 Å². The van der Waals surface area contributed by atoms with Crippen LogP contribution in [0.25, 0.3) is 0 Å². The molecule has 3 rings (SSSR count). The lowest BCUT2D eigenvalue weighted by molar-refractivity contribution is 0.196. The number of pyridine rings is 1. The monoisotopic (exact) mass is 326 g/mol. The normalized spacial score (nSPS) is 18.4. The fourth-order valence-electron chi connectivity index (χ4n) is 3.15. The van der Waals surface area contributed by atoms with Crippen molar-refractivity contribution >= 4 is 11.8 Å². The van der Waals surface area contributed by atoms with Crippen LogP contribution in [-0.2, 0) is 6.54 Å². The van der Waals surface area contributed by atoms with Crippen LogP contribution in [0.5, 0.6) is 0 Å². The highest BCUT2D eigenvalue weighted by Crippen LogP contribution is 2.21. The topological polar surface area (TPSA) is 48.4 Å². The van der Waals surface area contributed by atoms with Crippen molar-refractivity contribution in [2.45, 2.75) is 25.4 Å². The van der Waals surface area contributed by atoms with Gasteiger partial charge in [0.25, 0.3) is 0 Å². The largest absolute Gasteiger partial charge is 0.355 e. The van der Waals surface area contributed by atoms with Crippen LogP contribution >= 0.6 is 0 Å². The summed E-state index contributed by atoms with van der Waals surface area (Å²) in [6, 6.07) is 8.58. The minimum atomic E-state index is 0.465. The van der Waals surface area contributed by atoms with Gasteiger partial charge >= 0.3 is 0 Å². The van der Waals surface area contributed by atoms with Crippen LogP contribution in [0.2, 0.25) is 0 Å². The molecule has 2 aromatic heterocycles. The molecule has 1 saturated heterocycles. The zero-order valence-corrected chi connectivity index (χ0v) is 14.8. The van der Waals surface area contributed by atoms with Gasteiger partial charge in [-0.25, -0.2) is 4.98 Å². The molecule has 0 saturated carbocycles. The molecule has 1 unspecified atom stereocenters. The molecule has 0 aromatic carbocycles. The molecule has 1 aliphatic heterocycles. The van der Waals surface area contributed by atoms with Gasteiger partial charge in [0.15, 0.2) is 0 Å². The zero-order valence-electron chi connectivity index (χ0n) is 14.8. The van der Waals surface area contributed by atoms with E-state index in [1.54, 1.807) is 0 Å². The van der Waals surface area contributed by atoms with Crippen molar-refractivity contribution in [3.8, 4) is 0 Å². The summed E-state index contributed by atoms with van der Waals surface area (Å²) in [5, 5.41) is 0. The molecule has 6 nitrogen and oxygen atoms in total. The molecular formula is C18H26N6. The number of hydrogen-bond donors (Lipinski definition) is 0.